The van der Waals surface area contributed by atoms with E-state index in [1.165, 1.54) is 0 Å². The topological polar surface area (TPSA) is 9.23 Å². The van der Waals surface area contributed by atoms with Crippen molar-refractivity contribution >= 4 is 11.6 Å². The monoisotopic (exact) mass is 164 g/mol. The van der Waals surface area contributed by atoms with Crippen LogP contribution in [0.5, 0.6) is 0 Å². The third-order valence-electron chi connectivity index (χ3n) is 1.73. The molecule has 0 aliphatic carbocycles. The molecule has 0 aromatic rings. The zero-order valence-electron chi connectivity index (χ0n) is 7.06. The number of rotatable bonds is 5. The van der Waals surface area contributed by atoms with E-state index in [2.05, 4.69) is 13.8 Å². The highest BCUT2D eigenvalue weighted by Gasteiger charge is 2.04. The van der Waals surface area contributed by atoms with Gasteiger partial charge in [-0.3, -0.25) is 0 Å². The number of hydrogen-bond donors (Lipinski definition) is 0. The molecule has 0 aliphatic rings. The fourth-order valence-corrected chi connectivity index (χ4v) is 0.864. The molecule has 0 radical (unpaired) electrons. The van der Waals surface area contributed by atoms with Crippen LogP contribution in [0.1, 0.15) is 33.1 Å². The van der Waals surface area contributed by atoms with E-state index >= 15 is 0 Å². The molecule has 0 rings (SSSR count). The van der Waals surface area contributed by atoms with Crippen LogP contribution >= 0.6 is 11.6 Å². The van der Waals surface area contributed by atoms with E-state index in [0.717, 1.165) is 19.3 Å². The van der Waals surface area contributed by atoms with E-state index in [-0.39, 0.29) is 0 Å². The van der Waals surface area contributed by atoms with Gasteiger partial charge in [0, 0.05) is 12.5 Å². The van der Waals surface area contributed by atoms with Crippen LogP contribution in [0.25, 0.3) is 0 Å². The van der Waals surface area contributed by atoms with E-state index < -0.39 is 0 Å². The molecule has 0 saturated heterocycles. The van der Waals surface area contributed by atoms with Crippen LogP contribution in [0, 0.1) is 0 Å². The minimum Gasteiger partial charge on any atom is -0.382 e. The van der Waals surface area contributed by atoms with Crippen molar-refractivity contribution in [3.63, 3.8) is 0 Å². The molecule has 0 saturated carbocycles. The molecule has 0 fully saturated rings. The van der Waals surface area contributed by atoms with Crippen LogP contribution in [0.2, 0.25) is 0 Å². The van der Waals surface area contributed by atoms with Gasteiger partial charge in [0.15, 0.2) is 0 Å². The van der Waals surface area contributed by atoms with Gasteiger partial charge in [0.1, 0.15) is 0 Å². The van der Waals surface area contributed by atoms with Crippen LogP contribution in [0.3, 0.4) is 0 Å². The summed E-state index contributed by atoms with van der Waals surface area (Å²) in [5, 5.41) is 0.331. The summed E-state index contributed by atoms with van der Waals surface area (Å²) in [5.74, 6) is 0. The predicted octanol–water partition coefficient (Wildman–Crippen LogP) is 2.82. The maximum absolute atomic E-state index is 5.91. The molecule has 2 unspecified atom stereocenters. The lowest BCUT2D eigenvalue weighted by Crippen LogP contribution is -2.07. The Labute approximate surface area is 68.7 Å². The Morgan fingerprint density at radius 2 is 2.00 bits per heavy atom. The predicted molar refractivity (Wildman–Crippen MR) is 45.6 cm³/mol. The first-order valence-electron chi connectivity index (χ1n) is 3.87. The molecule has 0 N–H and O–H groups in total. The SMILES string of the molecule is CCC(Cl)CCC(C)OC. The molecule has 0 aromatic heterocycles. The zero-order valence-corrected chi connectivity index (χ0v) is 7.82. The molecular weight excluding hydrogens is 148 g/mol. The molecule has 0 amide bonds. The molecule has 1 nitrogen and oxygen atoms in total. The molecule has 0 aromatic carbocycles. The minimum absolute atomic E-state index is 0.331. The van der Waals surface area contributed by atoms with E-state index in [0.29, 0.717) is 11.5 Å². The van der Waals surface area contributed by atoms with Crippen molar-refractivity contribution in [3.05, 3.63) is 0 Å². The number of methoxy groups -OCH3 is 1. The first-order valence-corrected chi connectivity index (χ1v) is 4.31. The van der Waals surface area contributed by atoms with Crippen LogP contribution in [0.15, 0.2) is 0 Å². The molecule has 2 heteroatoms. The largest absolute Gasteiger partial charge is 0.382 e. The average molecular weight is 165 g/mol. The fraction of sp³-hybridized carbons (Fsp3) is 1.00. The number of halogens is 1. The highest BCUT2D eigenvalue weighted by Crippen LogP contribution is 2.11. The Morgan fingerprint density at radius 1 is 1.40 bits per heavy atom. The smallest absolute Gasteiger partial charge is 0.0543 e. The van der Waals surface area contributed by atoms with Crippen molar-refractivity contribution in [1.82, 2.24) is 0 Å². The maximum atomic E-state index is 5.91. The quantitative estimate of drug-likeness (QED) is 0.568. The van der Waals surface area contributed by atoms with Crippen molar-refractivity contribution in [2.75, 3.05) is 7.11 Å². The Hall–Kier alpha value is 0.250. The summed E-state index contributed by atoms with van der Waals surface area (Å²) in [6, 6.07) is 0. The van der Waals surface area contributed by atoms with E-state index in [1.54, 1.807) is 7.11 Å². The van der Waals surface area contributed by atoms with E-state index in [9.17, 15) is 0 Å². The molecule has 2 atom stereocenters. The van der Waals surface area contributed by atoms with Crippen LogP contribution < -0.4 is 0 Å². The second-order valence-corrected chi connectivity index (χ2v) is 3.25. The van der Waals surface area contributed by atoms with Crippen LogP contribution in [-0.4, -0.2) is 18.6 Å². The van der Waals surface area contributed by atoms with Gasteiger partial charge in [-0.1, -0.05) is 6.92 Å². The summed E-state index contributed by atoms with van der Waals surface area (Å²) < 4.78 is 5.09. The van der Waals surface area contributed by atoms with E-state index in [1.807, 2.05) is 0 Å². The van der Waals surface area contributed by atoms with Crippen molar-refractivity contribution < 1.29 is 4.74 Å². The Bertz CT molecular complexity index is 65.7. The van der Waals surface area contributed by atoms with Gasteiger partial charge < -0.3 is 4.74 Å². The maximum Gasteiger partial charge on any atom is 0.0543 e. The minimum atomic E-state index is 0.331. The Kier molecular flexibility index (Phi) is 6.14. The van der Waals surface area contributed by atoms with Gasteiger partial charge in [-0.15, -0.1) is 11.6 Å². The molecular formula is C8H17ClO. The first-order chi connectivity index (χ1) is 4.70. The summed E-state index contributed by atoms with van der Waals surface area (Å²) in [7, 11) is 1.74. The van der Waals surface area contributed by atoms with Gasteiger partial charge in [0.25, 0.3) is 0 Å². The summed E-state index contributed by atoms with van der Waals surface area (Å²) in [4.78, 5) is 0. The lowest BCUT2D eigenvalue weighted by Gasteiger charge is -2.10. The lowest BCUT2D eigenvalue weighted by atomic mass is 10.1. The van der Waals surface area contributed by atoms with Crippen molar-refractivity contribution in [3.8, 4) is 0 Å². The van der Waals surface area contributed by atoms with Crippen molar-refractivity contribution in [1.29, 1.82) is 0 Å². The summed E-state index contributed by atoms with van der Waals surface area (Å²) in [6.07, 6.45) is 3.54. The highest BCUT2D eigenvalue weighted by molar-refractivity contribution is 6.20. The zero-order chi connectivity index (χ0) is 7.98. The van der Waals surface area contributed by atoms with Gasteiger partial charge >= 0.3 is 0 Å². The third-order valence-corrected chi connectivity index (χ3v) is 2.26. The lowest BCUT2D eigenvalue weighted by molar-refractivity contribution is 0.109. The molecule has 62 valence electrons. The summed E-state index contributed by atoms with van der Waals surface area (Å²) in [6.45, 7) is 4.18. The normalized spacial score (nSPS) is 16.8. The summed E-state index contributed by atoms with van der Waals surface area (Å²) >= 11 is 5.91. The fourth-order valence-electron chi connectivity index (χ4n) is 0.738. The average Bonchev–Trinajstić information content (AvgIpc) is 1.99. The Balaban J connectivity index is 3.17. The number of hydrogen-bond acceptors (Lipinski definition) is 1. The second kappa shape index (κ2) is 5.99. The van der Waals surface area contributed by atoms with Gasteiger partial charge in [-0.05, 0) is 26.2 Å². The molecule has 0 bridgehead atoms. The van der Waals surface area contributed by atoms with Crippen LogP contribution in [-0.2, 0) is 4.74 Å². The van der Waals surface area contributed by atoms with Gasteiger partial charge in [0.05, 0.1) is 6.10 Å². The highest BCUT2D eigenvalue weighted by atomic mass is 35.5. The van der Waals surface area contributed by atoms with Gasteiger partial charge in [0.2, 0.25) is 0 Å². The standard InChI is InChI=1S/C8H17ClO/c1-4-8(9)6-5-7(2)10-3/h7-8H,4-6H2,1-3H3. The molecule has 0 heterocycles. The van der Waals surface area contributed by atoms with E-state index in [4.69, 9.17) is 16.3 Å². The van der Waals surface area contributed by atoms with Crippen LogP contribution in [0.4, 0.5) is 0 Å². The summed E-state index contributed by atoms with van der Waals surface area (Å²) in [5.41, 5.74) is 0. The number of ether oxygens (including phenoxy) is 1. The van der Waals surface area contributed by atoms with Crippen molar-refractivity contribution in [2.24, 2.45) is 0 Å². The van der Waals surface area contributed by atoms with Crippen molar-refractivity contribution in [2.45, 2.75) is 44.6 Å². The first kappa shape index (κ1) is 10.2. The Morgan fingerprint density at radius 3 is 2.40 bits per heavy atom. The second-order valence-electron chi connectivity index (χ2n) is 2.63. The number of alkyl halides is 1. The van der Waals surface area contributed by atoms with Gasteiger partial charge in [-0.2, -0.15) is 0 Å². The molecule has 10 heavy (non-hydrogen) atoms. The third kappa shape index (κ3) is 5.07. The van der Waals surface area contributed by atoms with Gasteiger partial charge in [-0.25, -0.2) is 0 Å². The molecule has 0 spiro atoms. The molecule has 0 aliphatic heterocycles.